The van der Waals surface area contributed by atoms with E-state index in [4.69, 9.17) is 4.74 Å². The Balaban J connectivity index is 1.54. The number of pyridine rings is 2. The Morgan fingerprint density at radius 2 is 2.19 bits per heavy atom. The zero-order chi connectivity index (χ0) is 21.8. The molecular formula is C23H29N5O3. The number of H-pyrrole nitrogens is 1. The summed E-state index contributed by atoms with van der Waals surface area (Å²) in [6.45, 7) is 2.74. The van der Waals surface area contributed by atoms with Crippen molar-refractivity contribution in [3.63, 3.8) is 0 Å². The summed E-state index contributed by atoms with van der Waals surface area (Å²) >= 11 is 0. The number of aromatic amines is 1. The lowest BCUT2D eigenvalue weighted by molar-refractivity contribution is -0.130. The summed E-state index contributed by atoms with van der Waals surface area (Å²) in [7, 11) is 3.46. The van der Waals surface area contributed by atoms with Gasteiger partial charge in [0, 0.05) is 56.3 Å². The van der Waals surface area contributed by atoms with Gasteiger partial charge in [-0.15, -0.1) is 0 Å². The van der Waals surface area contributed by atoms with E-state index in [1.165, 1.54) is 12.8 Å². The van der Waals surface area contributed by atoms with Crippen molar-refractivity contribution in [3.05, 3.63) is 53.1 Å². The van der Waals surface area contributed by atoms with Crippen LogP contribution >= 0.6 is 0 Å². The first-order valence-electron chi connectivity index (χ1n) is 10.7. The lowest BCUT2D eigenvalue weighted by Crippen LogP contribution is -2.62. The maximum atomic E-state index is 12.8. The topological polar surface area (TPSA) is 90.6 Å². The number of nitrogens with zero attached hydrogens (tertiary/aromatic N) is 3. The highest BCUT2D eigenvalue weighted by Gasteiger charge is 2.37. The Kier molecular flexibility index (Phi) is 6.36. The fraction of sp³-hybridized carbons (Fsp3) is 0.435. The molecule has 1 aliphatic carbocycles. The molecule has 4 rings (SSSR count). The average Bonchev–Trinajstić information content (AvgIpc) is 3.57. The van der Waals surface area contributed by atoms with Gasteiger partial charge in [-0.25, -0.2) is 0 Å². The van der Waals surface area contributed by atoms with Gasteiger partial charge in [-0.3, -0.25) is 14.6 Å². The Morgan fingerprint density at radius 3 is 2.90 bits per heavy atom. The van der Waals surface area contributed by atoms with E-state index in [0.29, 0.717) is 37.0 Å². The van der Waals surface area contributed by atoms with Crippen LogP contribution in [0.2, 0.25) is 0 Å². The molecule has 0 aromatic carbocycles. The zero-order valence-electron chi connectivity index (χ0n) is 18.0. The molecule has 8 nitrogen and oxygen atoms in total. The van der Waals surface area contributed by atoms with Gasteiger partial charge in [0.05, 0.1) is 18.8 Å². The summed E-state index contributed by atoms with van der Waals surface area (Å²) in [4.78, 5) is 36.4. The average molecular weight is 424 g/mol. The van der Waals surface area contributed by atoms with Crippen LogP contribution in [0.1, 0.15) is 12.8 Å². The SMILES string of the molecule is CNCC=CC(=O)N1CC(N(CC2CC2)c2cc(-c3cc(OC)ccn3)c[nH]c2=O)C1. The maximum Gasteiger partial charge on any atom is 0.271 e. The van der Waals surface area contributed by atoms with Crippen molar-refractivity contribution in [1.82, 2.24) is 20.2 Å². The molecule has 2 aromatic heterocycles. The Labute approximate surface area is 181 Å². The summed E-state index contributed by atoms with van der Waals surface area (Å²) in [5.74, 6) is 1.34. The molecule has 3 heterocycles. The maximum absolute atomic E-state index is 12.8. The largest absolute Gasteiger partial charge is 0.497 e. The third kappa shape index (κ3) is 4.96. The number of likely N-dealkylation sites (tertiary alicyclic amines) is 1. The normalized spacial score (nSPS) is 16.4. The molecule has 2 fully saturated rings. The third-order valence-electron chi connectivity index (χ3n) is 5.80. The molecule has 1 saturated carbocycles. The number of hydrogen-bond donors (Lipinski definition) is 2. The summed E-state index contributed by atoms with van der Waals surface area (Å²) < 4.78 is 5.30. The second-order valence-electron chi connectivity index (χ2n) is 8.14. The van der Waals surface area contributed by atoms with E-state index in [1.54, 1.807) is 31.6 Å². The highest BCUT2D eigenvalue weighted by atomic mass is 16.5. The molecular weight excluding hydrogens is 394 g/mol. The zero-order valence-corrected chi connectivity index (χ0v) is 18.0. The quantitative estimate of drug-likeness (QED) is 0.596. The molecule has 2 aliphatic rings. The van der Waals surface area contributed by atoms with Crippen LogP contribution in [0.15, 0.2) is 47.5 Å². The molecule has 0 radical (unpaired) electrons. The molecule has 2 N–H and O–H groups in total. The minimum atomic E-state index is -0.119. The number of likely N-dealkylation sites (N-methyl/N-ethyl adjacent to an activating group) is 1. The number of anilines is 1. The van der Waals surface area contributed by atoms with Crippen LogP contribution in [0.5, 0.6) is 5.75 Å². The molecule has 1 aliphatic heterocycles. The lowest BCUT2D eigenvalue weighted by Gasteiger charge is -2.46. The Bertz CT molecular complexity index is 1010. The van der Waals surface area contributed by atoms with E-state index in [1.807, 2.05) is 30.2 Å². The first-order valence-corrected chi connectivity index (χ1v) is 10.7. The van der Waals surface area contributed by atoms with Crippen LogP contribution in [-0.4, -0.2) is 67.2 Å². The monoisotopic (exact) mass is 423 g/mol. The molecule has 1 amide bonds. The number of carbonyl (C=O) groups is 1. The number of nitrogens with one attached hydrogen (secondary N) is 2. The first kappa shape index (κ1) is 21.1. The van der Waals surface area contributed by atoms with Gasteiger partial charge in [-0.2, -0.15) is 0 Å². The fourth-order valence-electron chi connectivity index (χ4n) is 3.77. The standard InChI is InChI=1S/C23H29N5O3/c1-24-8-3-4-22(29)27-14-18(15-27)28(13-16-5-6-16)21-10-17(12-26-23(21)30)20-11-19(31-2)7-9-25-20/h3-4,7,9-12,16,18,24H,5-6,8,13-15H2,1-2H3,(H,26,30). The molecule has 2 aromatic rings. The predicted molar refractivity (Wildman–Crippen MR) is 120 cm³/mol. The molecule has 0 atom stereocenters. The van der Waals surface area contributed by atoms with E-state index in [9.17, 15) is 9.59 Å². The van der Waals surface area contributed by atoms with E-state index in [0.717, 1.165) is 17.8 Å². The van der Waals surface area contributed by atoms with E-state index in [2.05, 4.69) is 20.2 Å². The van der Waals surface area contributed by atoms with Crippen molar-refractivity contribution in [1.29, 1.82) is 0 Å². The van der Waals surface area contributed by atoms with Gasteiger partial charge < -0.3 is 24.8 Å². The number of carbonyl (C=O) groups excluding carboxylic acids is 1. The van der Waals surface area contributed by atoms with Gasteiger partial charge in [0.2, 0.25) is 5.91 Å². The number of methoxy groups -OCH3 is 1. The number of aromatic nitrogens is 2. The molecule has 8 heteroatoms. The summed E-state index contributed by atoms with van der Waals surface area (Å²) in [5.41, 5.74) is 2.09. The summed E-state index contributed by atoms with van der Waals surface area (Å²) in [6, 6.07) is 5.68. The molecule has 164 valence electrons. The van der Waals surface area contributed by atoms with Gasteiger partial charge in [0.15, 0.2) is 0 Å². The van der Waals surface area contributed by atoms with Crippen molar-refractivity contribution >= 4 is 11.6 Å². The van der Waals surface area contributed by atoms with Gasteiger partial charge >= 0.3 is 0 Å². The van der Waals surface area contributed by atoms with Crippen molar-refractivity contribution in [2.45, 2.75) is 18.9 Å². The van der Waals surface area contributed by atoms with Gasteiger partial charge in [0.25, 0.3) is 5.56 Å². The Morgan fingerprint density at radius 1 is 1.39 bits per heavy atom. The van der Waals surface area contributed by atoms with Gasteiger partial charge in [0.1, 0.15) is 11.4 Å². The smallest absolute Gasteiger partial charge is 0.271 e. The minimum Gasteiger partial charge on any atom is -0.497 e. The minimum absolute atomic E-state index is 0.0149. The molecule has 31 heavy (non-hydrogen) atoms. The second kappa shape index (κ2) is 9.34. The number of amides is 1. The molecule has 1 saturated heterocycles. The highest BCUT2D eigenvalue weighted by Crippen LogP contribution is 2.34. The van der Waals surface area contributed by atoms with Crippen molar-refractivity contribution in [2.75, 3.05) is 45.2 Å². The number of hydrogen-bond acceptors (Lipinski definition) is 6. The second-order valence-corrected chi connectivity index (χ2v) is 8.14. The molecule has 0 bridgehead atoms. The predicted octanol–water partition coefficient (Wildman–Crippen LogP) is 1.65. The van der Waals surface area contributed by atoms with Crippen LogP contribution in [0.4, 0.5) is 5.69 Å². The van der Waals surface area contributed by atoms with E-state index < -0.39 is 0 Å². The van der Waals surface area contributed by atoms with E-state index in [-0.39, 0.29) is 17.5 Å². The van der Waals surface area contributed by atoms with Crippen LogP contribution in [0.25, 0.3) is 11.3 Å². The van der Waals surface area contributed by atoms with Crippen molar-refractivity contribution < 1.29 is 9.53 Å². The van der Waals surface area contributed by atoms with Crippen molar-refractivity contribution in [3.8, 4) is 17.0 Å². The number of ether oxygens (including phenoxy) is 1. The highest BCUT2D eigenvalue weighted by molar-refractivity contribution is 5.88. The first-order chi connectivity index (χ1) is 15.1. The van der Waals surface area contributed by atoms with Crippen molar-refractivity contribution in [2.24, 2.45) is 5.92 Å². The van der Waals surface area contributed by atoms with Gasteiger partial charge in [-0.05, 0) is 37.9 Å². The van der Waals surface area contributed by atoms with Crippen LogP contribution < -0.4 is 20.5 Å². The third-order valence-corrected chi connectivity index (χ3v) is 5.80. The van der Waals surface area contributed by atoms with E-state index >= 15 is 0 Å². The summed E-state index contributed by atoms with van der Waals surface area (Å²) in [6.07, 6.45) is 9.19. The molecule has 0 spiro atoms. The van der Waals surface area contributed by atoms with Crippen LogP contribution in [0.3, 0.4) is 0 Å². The summed E-state index contributed by atoms with van der Waals surface area (Å²) in [5, 5.41) is 2.99. The van der Waals surface area contributed by atoms with Crippen LogP contribution in [0, 0.1) is 5.92 Å². The van der Waals surface area contributed by atoms with Crippen LogP contribution in [-0.2, 0) is 4.79 Å². The van der Waals surface area contributed by atoms with Gasteiger partial charge in [-0.1, -0.05) is 6.08 Å². The lowest BCUT2D eigenvalue weighted by atomic mass is 10.0. The fourth-order valence-corrected chi connectivity index (χ4v) is 3.77. The molecule has 0 unspecified atom stereocenters. The number of rotatable bonds is 9. The Hall–Kier alpha value is -3.13.